The van der Waals surface area contributed by atoms with E-state index in [1.54, 1.807) is 6.20 Å². The van der Waals surface area contributed by atoms with E-state index in [0.717, 1.165) is 28.4 Å². The first-order valence-corrected chi connectivity index (χ1v) is 10.3. The fraction of sp³-hybridized carbons (Fsp3) is 0.409. The lowest BCUT2D eigenvalue weighted by Gasteiger charge is -2.25. The molecule has 0 bridgehead atoms. The van der Waals surface area contributed by atoms with Gasteiger partial charge in [0.25, 0.3) is 0 Å². The van der Waals surface area contributed by atoms with Crippen LogP contribution in [0.5, 0.6) is 0 Å². The molecule has 146 valence electrons. The average molecular weight is 397 g/mol. The summed E-state index contributed by atoms with van der Waals surface area (Å²) in [7, 11) is 1.84. The summed E-state index contributed by atoms with van der Waals surface area (Å²) in [5, 5.41) is 8.08. The highest BCUT2D eigenvalue weighted by Crippen LogP contribution is 2.37. The standard InChI is InChI=1S/C22H25ClN4O/c1-24-20-18(11-6-12-25-20)21-26-22(28-27-21)19(13-15-7-3-2-4-8-15)16-9-5-10-17(23)14-16/h5-6,9-12,14-15,19H,2-4,7-8,13H2,1H3,(H,24,25). The van der Waals surface area contributed by atoms with E-state index in [2.05, 4.69) is 21.5 Å². The van der Waals surface area contributed by atoms with Gasteiger partial charge in [0.1, 0.15) is 5.82 Å². The Hall–Kier alpha value is -2.40. The Morgan fingerprint density at radius 1 is 1.18 bits per heavy atom. The summed E-state index contributed by atoms with van der Waals surface area (Å²) < 4.78 is 5.76. The smallest absolute Gasteiger partial charge is 0.234 e. The highest BCUT2D eigenvalue weighted by atomic mass is 35.5. The van der Waals surface area contributed by atoms with Gasteiger partial charge >= 0.3 is 0 Å². The zero-order valence-electron chi connectivity index (χ0n) is 16.1. The Kier molecular flexibility index (Phi) is 5.91. The van der Waals surface area contributed by atoms with Crippen LogP contribution in [-0.2, 0) is 0 Å². The minimum atomic E-state index is 0.0535. The van der Waals surface area contributed by atoms with Crippen LogP contribution >= 0.6 is 11.6 Å². The van der Waals surface area contributed by atoms with Gasteiger partial charge in [-0.05, 0) is 42.2 Å². The number of hydrogen-bond donors (Lipinski definition) is 1. The minimum Gasteiger partial charge on any atom is -0.373 e. The van der Waals surface area contributed by atoms with E-state index >= 15 is 0 Å². The number of benzene rings is 1. The lowest BCUT2D eigenvalue weighted by molar-refractivity contribution is 0.296. The van der Waals surface area contributed by atoms with E-state index in [-0.39, 0.29) is 5.92 Å². The third kappa shape index (κ3) is 4.20. The molecule has 1 fully saturated rings. The SMILES string of the molecule is CNc1ncccc1-c1noc(C(CC2CCCCC2)c2cccc(Cl)c2)n1. The monoisotopic (exact) mass is 396 g/mol. The number of rotatable bonds is 6. The first-order chi connectivity index (χ1) is 13.7. The summed E-state index contributed by atoms with van der Waals surface area (Å²) in [4.78, 5) is 9.10. The van der Waals surface area contributed by atoms with Crippen LogP contribution in [0, 0.1) is 5.92 Å². The predicted octanol–water partition coefficient (Wildman–Crippen LogP) is 5.93. The van der Waals surface area contributed by atoms with E-state index in [4.69, 9.17) is 21.1 Å². The zero-order valence-corrected chi connectivity index (χ0v) is 16.8. The van der Waals surface area contributed by atoms with Crippen LogP contribution in [0.25, 0.3) is 11.4 Å². The Morgan fingerprint density at radius 3 is 2.82 bits per heavy atom. The van der Waals surface area contributed by atoms with Gasteiger partial charge in [-0.25, -0.2) is 4.98 Å². The molecule has 4 rings (SSSR count). The third-order valence-electron chi connectivity index (χ3n) is 5.57. The lowest BCUT2D eigenvalue weighted by atomic mass is 9.80. The van der Waals surface area contributed by atoms with Crippen molar-refractivity contribution in [2.24, 2.45) is 5.92 Å². The molecule has 6 heteroatoms. The van der Waals surface area contributed by atoms with Gasteiger partial charge in [-0.15, -0.1) is 0 Å². The number of nitrogens with zero attached hydrogens (tertiary/aromatic N) is 3. The molecule has 1 N–H and O–H groups in total. The zero-order chi connectivity index (χ0) is 19.3. The van der Waals surface area contributed by atoms with Crippen molar-refractivity contribution >= 4 is 17.4 Å². The van der Waals surface area contributed by atoms with Crippen molar-refractivity contribution in [1.82, 2.24) is 15.1 Å². The first-order valence-electron chi connectivity index (χ1n) is 9.97. The molecule has 1 saturated carbocycles. The van der Waals surface area contributed by atoms with Gasteiger partial charge in [0.2, 0.25) is 11.7 Å². The second-order valence-corrected chi connectivity index (χ2v) is 7.89. The molecule has 0 aliphatic heterocycles. The van der Waals surface area contributed by atoms with Gasteiger partial charge in [0.05, 0.1) is 11.5 Å². The maximum Gasteiger partial charge on any atom is 0.234 e. The summed E-state index contributed by atoms with van der Waals surface area (Å²) in [5.74, 6) is 2.68. The van der Waals surface area contributed by atoms with Gasteiger partial charge in [0, 0.05) is 18.3 Å². The van der Waals surface area contributed by atoms with Crippen molar-refractivity contribution in [3.05, 3.63) is 59.1 Å². The molecule has 0 spiro atoms. The van der Waals surface area contributed by atoms with Crippen molar-refractivity contribution in [2.45, 2.75) is 44.4 Å². The summed E-state index contributed by atoms with van der Waals surface area (Å²) in [5.41, 5.74) is 1.97. The Balaban J connectivity index is 1.67. The Morgan fingerprint density at radius 2 is 2.04 bits per heavy atom. The lowest BCUT2D eigenvalue weighted by Crippen LogP contribution is -2.13. The quantitative estimate of drug-likeness (QED) is 0.559. The molecule has 2 aromatic heterocycles. The topological polar surface area (TPSA) is 63.8 Å². The first kappa shape index (κ1) is 18.9. The van der Waals surface area contributed by atoms with Crippen LogP contribution in [0.2, 0.25) is 5.02 Å². The number of anilines is 1. The van der Waals surface area contributed by atoms with Gasteiger partial charge in [0.15, 0.2) is 0 Å². The Labute approximate surface area is 170 Å². The number of halogens is 1. The van der Waals surface area contributed by atoms with E-state index in [9.17, 15) is 0 Å². The normalized spacial score (nSPS) is 16.1. The fourth-order valence-electron chi connectivity index (χ4n) is 4.13. The van der Waals surface area contributed by atoms with Crippen molar-refractivity contribution in [2.75, 3.05) is 12.4 Å². The van der Waals surface area contributed by atoms with Crippen LogP contribution in [-0.4, -0.2) is 22.2 Å². The molecule has 1 atom stereocenters. The molecule has 0 radical (unpaired) electrons. The van der Waals surface area contributed by atoms with Crippen LogP contribution in [0.3, 0.4) is 0 Å². The number of hydrogen-bond acceptors (Lipinski definition) is 5. The Bertz CT molecular complexity index is 920. The summed E-state index contributed by atoms with van der Waals surface area (Å²) >= 11 is 6.28. The van der Waals surface area contributed by atoms with E-state index in [1.165, 1.54) is 32.1 Å². The molecular weight excluding hydrogens is 372 g/mol. The van der Waals surface area contributed by atoms with Crippen molar-refractivity contribution in [3.63, 3.8) is 0 Å². The maximum absolute atomic E-state index is 6.28. The second-order valence-electron chi connectivity index (χ2n) is 7.45. The molecule has 3 aromatic rings. The molecule has 2 heterocycles. The highest BCUT2D eigenvalue weighted by Gasteiger charge is 2.27. The summed E-state index contributed by atoms with van der Waals surface area (Å²) in [6.45, 7) is 0. The summed E-state index contributed by atoms with van der Waals surface area (Å²) in [6.07, 6.45) is 9.25. The molecule has 1 unspecified atom stereocenters. The van der Waals surface area contributed by atoms with Gasteiger partial charge < -0.3 is 9.84 Å². The van der Waals surface area contributed by atoms with E-state index < -0.39 is 0 Å². The molecule has 1 aliphatic rings. The molecule has 0 amide bonds. The summed E-state index contributed by atoms with van der Waals surface area (Å²) in [6, 6.07) is 11.8. The van der Waals surface area contributed by atoms with Crippen LogP contribution in [0.1, 0.15) is 55.9 Å². The van der Waals surface area contributed by atoms with Gasteiger partial charge in [-0.1, -0.05) is 61.0 Å². The maximum atomic E-state index is 6.28. The van der Waals surface area contributed by atoms with Crippen molar-refractivity contribution < 1.29 is 4.52 Å². The third-order valence-corrected chi connectivity index (χ3v) is 5.81. The van der Waals surface area contributed by atoms with E-state index in [1.807, 2.05) is 37.4 Å². The molecule has 1 aliphatic carbocycles. The molecular formula is C22H25ClN4O. The van der Waals surface area contributed by atoms with Crippen molar-refractivity contribution in [3.8, 4) is 11.4 Å². The van der Waals surface area contributed by atoms with Gasteiger partial charge in [-0.2, -0.15) is 4.98 Å². The van der Waals surface area contributed by atoms with Crippen LogP contribution in [0.4, 0.5) is 5.82 Å². The number of nitrogens with one attached hydrogen (secondary N) is 1. The molecule has 1 aromatic carbocycles. The number of pyridine rings is 1. The average Bonchev–Trinajstić information content (AvgIpc) is 3.22. The second kappa shape index (κ2) is 8.74. The van der Waals surface area contributed by atoms with Crippen LogP contribution in [0.15, 0.2) is 47.1 Å². The fourth-order valence-corrected chi connectivity index (χ4v) is 4.33. The molecule has 0 saturated heterocycles. The highest BCUT2D eigenvalue weighted by molar-refractivity contribution is 6.30. The minimum absolute atomic E-state index is 0.0535. The largest absolute Gasteiger partial charge is 0.373 e. The van der Waals surface area contributed by atoms with E-state index in [0.29, 0.717) is 17.6 Å². The molecule has 28 heavy (non-hydrogen) atoms. The van der Waals surface area contributed by atoms with Crippen LogP contribution < -0.4 is 5.32 Å². The molecule has 5 nitrogen and oxygen atoms in total. The van der Waals surface area contributed by atoms with Crippen molar-refractivity contribution in [1.29, 1.82) is 0 Å². The predicted molar refractivity (Wildman–Crippen MR) is 112 cm³/mol. The van der Waals surface area contributed by atoms with Gasteiger partial charge in [-0.3, -0.25) is 0 Å². The number of aromatic nitrogens is 3.